The van der Waals surface area contributed by atoms with Crippen LogP contribution in [-0.2, 0) is 6.61 Å². The van der Waals surface area contributed by atoms with Crippen molar-refractivity contribution in [3.63, 3.8) is 0 Å². The predicted molar refractivity (Wildman–Crippen MR) is 138 cm³/mol. The van der Waals surface area contributed by atoms with E-state index in [1.807, 2.05) is 19.1 Å². The summed E-state index contributed by atoms with van der Waals surface area (Å²) in [6, 6.07) is 16.8. The molecule has 5 nitrogen and oxygen atoms in total. The number of halogens is 1. The minimum absolute atomic E-state index is 0.0757. The fourth-order valence-electron chi connectivity index (χ4n) is 3.56. The Labute approximate surface area is 206 Å². The minimum Gasteiger partial charge on any atom is -0.506 e. The Balaban J connectivity index is 1.72. The van der Waals surface area contributed by atoms with Crippen LogP contribution in [0.4, 0.5) is 0 Å². The molecule has 1 amide bonds. The van der Waals surface area contributed by atoms with Crippen LogP contribution in [0, 0.1) is 6.92 Å². The number of benzene rings is 3. The van der Waals surface area contributed by atoms with Crippen molar-refractivity contribution in [3.8, 4) is 11.5 Å². The number of nitrogens with one attached hydrogen (secondary N) is 1. The third kappa shape index (κ3) is 6.39. The largest absolute Gasteiger partial charge is 0.506 e. The summed E-state index contributed by atoms with van der Waals surface area (Å²) in [7, 11) is 0. The zero-order chi connectivity index (χ0) is 24.8. The third-order valence-electron chi connectivity index (χ3n) is 5.57. The number of hydrazone groups is 1. The average Bonchev–Trinajstić information content (AvgIpc) is 2.80. The standard InChI is InChI=1S/C28H31ClN2O3/c1-17(2)22-8-6-20(7-9-22)16-34-27-19(5)12-21(13-24(27)18(3)4)15-30-31-28(33)23-10-11-26(32)25(29)14-23/h6-15,17-18,32H,16H2,1-5H3,(H,31,33). The van der Waals surface area contributed by atoms with Gasteiger partial charge in [0, 0.05) is 5.56 Å². The molecule has 0 aliphatic rings. The number of hydrogen-bond acceptors (Lipinski definition) is 4. The van der Waals surface area contributed by atoms with Gasteiger partial charge in [0.25, 0.3) is 5.91 Å². The third-order valence-corrected chi connectivity index (χ3v) is 5.87. The molecule has 0 aliphatic carbocycles. The van der Waals surface area contributed by atoms with E-state index in [1.165, 1.54) is 23.8 Å². The number of aryl methyl sites for hydroxylation is 1. The molecule has 6 heteroatoms. The molecule has 34 heavy (non-hydrogen) atoms. The zero-order valence-electron chi connectivity index (χ0n) is 20.2. The number of ether oxygens (including phenoxy) is 1. The van der Waals surface area contributed by atoms with E-state index in [1.54, 1.807) is 6.21 Å². The van der Waals surface area contributed by atoms with Crippen LogP contribution >= 0.6 is 11.6 Å². The van der Waals surface area contributed by atoms with Gasteiger partial charge in [0.1, 0.15) is 18.1 Å². The minimum atomic E-state index is -0.414. The second-order valence-corrected chi connectivity index (χ2v) is 9.37. The number of rotatable bonds is 8. The Bertz CT molecular complexity index is 1190. The van der Waals surface area contributed by atoms with Crippen molar-refractivity contribution in [2.24, 2.45) is 5.10 Å². The highest BCUT2D eigenvalue weighted by molar-refractivity contribution is 6.32. The number of phenols is 1. The average molecular weight is 479 g/mol. The summed E-state index contributed by atoms with van der Waals surface area (Å²) in [5.74, 6) is 1.14. The van der Waals surface area contributed by atoms with Crippen LogP contribution in [0.2, 0.25) is 5.02 Å². The van der Waals surface area contributed by atoms with E-state index < -0.39 is 5.91 Å². The highest BCUT2D eigenvalue weighted by Crippen LogP contribution is 2.32. The normalized spacial score (nSPS) is 11.4. The lowest BCUT2D eigenvalue weighted by molar-refractivity contribution is 0.0955. The van der Waals surface area contributed by atoms with Gasteiger partial charge in [-0.15, -0.1) is 0 Å². The first kappa shape index (κ1) is 25.3. The lowest BCUT2D eigenvalue weighted by Crippen LogP contribution is -2.17. The molecular weight excluding hydrogens is 448 g/mol. The monoisotopic (exact) mass is 478 g/mol. The quantitative estimate of drug-likeness (QED) is 0.272. The van der Waals surface area contributed by atoms with E-state index in [4.69, 9.17) is 16.3 Å². The number of hydrogen-bond donors (Lipinski definition) is 2. The Morgan fingerprint density at radius 2 is 1.76 bits per heavy atom. The van der Waals surface area contributed by atoms with Gasteiger partial charge in [-0.05, 0) is 76.9 Å². The maximum Gasteiger partial charge on any atom is 0.271 e. The summed E-state index contributed by atoms with van der Waals surface area (Å²) in [6.07, 6.45) is 1.60. The summed E-state index contributed by atoms with van der Waals surface area (Å²) < 4.78 is 6.24. The van der Waals surface area contributed by atoms with Crippen LogP contribution in [-0.4, -0.2) is 17.2 Å². The molecule has 2 N–H and O–H groups in total. The molecule has 0 fully saturated rings. The maximum atomic E-state index is 12.3. The lowest BCUT2D eigenvalue weighted by Gasteiger charge is -2.18. The molecule has 0 saturated carbocycles. The molecule has 0 saturated heterocycles. The molecule has 0 unspecified atom stereocenters. The van der Waals surface area contributed by atoms with Gasteiger partial charge >= 0.3 is 0 Å². The van der Waals surface area contributed by atoms with Crippen molar-refractivity contribution in [1.29, 1.82) is 0 Å². The summed E-state index contributed by atoms with van der Waals surface area (Å²) in [5.41, 5.74) is 8.19. The van der Waals surface area contributed by atoms with E-state index in [0.29, 0.717) is 18.1 Å². The van der Waals surface area contributed by atoms with Crippen molar-refractivity contribution >= 4 is 23.7 Å². The van der Waals surface area contributed by atoms with Crippen LogP contribution in [0.15, 0.2) is 59.7 Å². The van der Waals surface area contributed by atoms with Crippen molar-refractivity contribution < 1.29 is 14.6 Å². The van der Waals surface area contributed by atoms with Gasteiger partial charge in [0.05, 0.1) is 11.2 Å². The molecule has 0 heterocycles. The molecule has 3 rings (SSSR count). The van der Waals surface area contributed by atoms with Gasteiger partial charge in [0.15, 0.2) is 0 Å². The first-order valence-electron chi connectivity index (χ1n) is 11.3. The fraction of sp³-hybridized carbons (Fsp3) is 0.286. The zero-order valence-corrected chi connectivity index (χ0v) is 21.0. The Kier molecular flexibility index (Phi) is 8.35. The molecule has 0 aliphatic heterocycles. The van der Waals surface area contributed by atoms with Gasteiger partial charge in [-0.2, -0.15) is 5.10 Å². The first-order valence-corrected chi connectivity index (χ1v) is 11.7. The second-order valence-electron chi connectivity index (χ2n) is 8.96. The SMILES string of the molecule is Cc1cc(C=NNC(=O)c2ccc(O)c(Cl)c2)cc(C(C)C)c1OCc1ccc(C(C)C)cc1. The number of nitrogens with zero attached hydrogens (tertiary/aromatic N) is 1. The Morgan fingerprint density at radius 3 is 2.38 bits per heavy atom. The van der Waals surface area contributed by atoms with E-state index >= 15 is 0 Å². The van der Waals surface area contributed by atoms with Gasteiger partial charge in [-0.25, -0.2) is 5.43 Å². The number of carbonyl (C=O) groups is 1. The molecule has 178 valence electrons. The van der Waals surface area contributed by atoms with Gasteiger partial charge in [-0.1, -0.05) is 63.6 Å². The lowest BCUT2D eigenvalue weighted by atomic mass is 9.96. The smallest absolute Gasteiger partial charge is 0.271 e. The topological polar surface area (TPSA) is 70.9 Å². The molecule has 3 aromatic carbocycles. The van der Waals surface area contributed by atoms with Gasteiger partial charge in [0.2, 0.25) is 0 Å². The molecule has 0 radical (unpaired) electrons. The second kappa shape index (κ2) is 11.2. The molecule has 3 aromatic rings. The van der Waals surface area contributed by atoms with Crippen LogP contribution in [0.5, 0.6) is 11.5 Å². The van der Waals surface area contributed by atoms with E-state index in [2.05, 4.69) is 62.5 Å². The number of aromatic hydroxyl groups is 1. The van der Waals surface area contributed by atoms with Crippen molar-refractivity contribution in [2.75, 3.05) is 0 Å². The van der Waals surface area contributed by atoms with E-state index in [0.717, 1.165) is 28.0 Å². The summed E-state index contributed by atoms with van der Waals surface area (Å²) in [6.45, 7) is 11.1. The predicted octanol–water partition coefficient (Wildman–Crippen LogP) is 6.94. The van der Waals surface area contributed by atoms with Crippen LogP contribution in [0.1, 0.15) is 77.7 Å². The van der Waals surface area contributed by atoms with Crippen LogP contribution in [0.25, 0.3) is 0 Å². The van der Waals surface area contributed by atoms with Crippen LogP contribution < -0.4 is 10.2 Å². The summed E-state index contributed by atoms with van der Waals surface area (Å²) in [4.78, 5) is 12.3. The number of amides is 1. The van der Waals surface area contributed by atoms with E-state index in [9.17, 15) is 9.90 Å². The van der Waals surface area contributed by atoms with Crippen molar-refractivity contribution in [3.05, 3.63) is 93.0 Å². The molecule has 0 bridgehead atoms. The number of phenolic OH excluding ortho intramolecular Hbond substituents is 1. The fourth-order valence-corrected chi connectivity index (χ4v) is 3.74. The molecular formula is C28H31ClN2O3. The number of carbonyl (C=O) groups excluding carboxylic acids is 1. The van der Waals surface area contributed by atoms with Crippen molar-refractivity contribution in [1.82, 2.24) is 5.43 Å². The molecule has 0 atom stereocenters. The maximum absolute atomic E-state index is 12.3. The van der Waals surface area contributed by atoms with Crippen molar-refractivity contribution in [2.45, 2.75) is 53.1 Å². The first-order chi connectivity index (χ1) is 16.2. The highest BCUT2D eigenvalue weighted by Gasteiger charge is 2.13. The van der Waals surface area contributed by atoms with E-state index in [-0.39, 0.29) is 16.7 Å². The molecule has 0 aromatic heterocycles. The Morgan fingerprint density at radius 1 is 1.06 bits per heavy atom. The summed E-state index contributed by atoms with van der Waals surface area (Å²) >= 11 is 5.87. The Hall–Kier alpha value is -3.31. The van der Waals surface area contributed by atoms with Gasteiger partial charge < -0.3 is 9.84 Å². The molecule has 0 spiro atoms. The van der Waals surface area contributed by atoms with Gasteiger partial charge in [-0.3, -0.25) is 4.79 Å². The van der Waals surface area contributed by atoms with Crippen LogP contribution in [0.3, 0.4) is 0 Å². The highest BCUT2D eigenvalue weighted by atomic mass is 35.5. The summed E-state index contributed by atoms with van der Waals surface area (Å²) in [5, 5.41) is 13.7.